The van der Waals surface area contributed by atoms with Gasteiger partial charge in [-0.3, -0.25) is 19.1 Å². The summed E-state index contributed by atoms with van der Waals surface area (Å²) in [5.74, 6) is -4.11. The zero-order valence-electron chi connectivity index (χ0n) is 28.3. The Balaban J connectivity index is 1.41. The van der Waals surface area contributed by atoms with Gasteiger partial charge in [0.2, 0.25) is 34.1 Å². The molecule has 50 heavy (non-hydrogen) atoms. The standard InChI is InChI=1S/C31H42F2N8O8S/c1-16(2)15-49-30(45)34-24(17(3)4)28(43)40-14-19(41-37-26(36-39-41)18-6-8-20(48-5)9-7-18)12-23(40)27(42)35-31(13-22(31)25(32)33)29(44)38-50(46,47)21-10-11-21/h6-9,16-17,19,21-25H,10-15H2,1-5H3,(H,34,45)(H,35,42)(H,38,44)/t19-,22+,23?,24+,31-/m1/s1. The van der Waals surface area contributed by atoms with E-state index in [9.17, 15) is 36.4 Å². The summed E-state index contributed by atoms with van der Waals surface area (Å²) in [4.78, 5) is 56.4. The van der Waals surface area contributed by atoms with Crippen molar-refractivity contribution < 1.29 is 45.9 Å². The molecule has 1 aromatic heterocycles. The third-order valence-electron chi connectivity index (χ3n) is 8.99. The summed E-state index contributed by atoms with van der Waals surface area (Å²) in [6.45, 7) is 7.02. The number of methoxy groups -OCH3 is 1. The van der Waals surface area contributed by atoms with Crippen LogP contribution in [0.1, 0.15) is 59.4 Å². The van der Waals surface area contributed by atoms with Gasteiger partial charge in [-0.2, -0.15) is 4.80 Å². The molecular formula is C31H42F2N8O8S. The summed E-state index contributed by atoms with van der Waals surface area (Å²) in [5.41, 5.74) is -1.59. The highest BCUT2D eigenvalue weighted by Crippen LogP contribution is 2.48. The molecule has 16 nitrogen and oxygen atoms in total. The zero-order chi connectivity index (χ0) is 36.5. The molecule has 3 N–H and O–H groups in total. The van der Waals surface area contributed by atoms with E-state index in [1.165, 1.54) is 16.8 Å². The van der Waals surface area contributed by atoms with Crippen LogP contribution in [0, 0.1) is 17.8 Å². The van der Waals surface area contributed by atoms with E-state index in [4.69, 9.17) is 9.47 Å². The van der Waals surface area contributed by atoms with E-state index in [2.05, 4.69) is 26.0 Å². The molecule has 5 atom stereocenters. The summed E-state index contributed by atoms with van der Waals surface area (Å²) in [6.07, 6.45) is -3.84. The van der Waals surface area contributed by atoms with Crippen molar-refractivity contribution >= 4 is 33.8 Å². The largest absolute Gasteiger partial charge is 0.497 e. The van der Waals surface area contributed by atoms with Gasteiger partial charge in [0.1, 0.15) is 23.4 Å². The molecule has 3 fully saturated rings. The van der Waals surface area contributed by atoms with E-state index in [-0.39, 0.29) is 31.3 Å². The molecule has 0 bridgehead atoms. The number of halogens is 2. The summed E-state index contributed by atoms with van der Waals surface area (Å²) < 4.78 is 65.3. The molecule has 1 aromatic carbocycles. The van der Waals surface area contributed by atoms with Crippen LogP contribution in [0.25, 0.3) is 11.4 Å². The van der Waals surface area contributed by atoms with E-state index in [1.54, 1.807) is 38.1 Å². The number of carbonyl (C=O) groups is 4. The van der Waals surface area contributed by atoms with Gasteiger partial charge < -0.3 is 25.0 Å². The van der Waals surface area contributed by atoms with E-state index in [0.717, 1.165) is 0 Å². The first kappa shape index (κ1) is 36.9. The second-order valence-corrected chi connectivity index (χ2v) is 15.7. The average Bonchev–Trinajstić information content (AvgIpc) is 3.95. The molecule has 2 heterocycles. The molecule has 0 spiro atoms. The predicted molar refractivity (Wildman–Crippen MR) is 172 cm³/mol. The van der Waals surface area contributed by atoms with Gasteiger partial charge in [-0.25, -0.2) is 22.0 Å². The maximum absolute atomic E-state index is 14.1. The zero-order valence-corrected chi connectivity index (χ0v) is 29.2. The lowest BCUT2D eigenvalue weighted by atomic mass is 10.0. The van der Waals surface area contributed by atoms with Gasteiger partial charge in [0.05, 0.1) is 30.9 Å². The van der Waals surface area contributed by atoms with Crippen LogP contribution in [0.15, 0.2) is 24.3 Å². The fourth-order valence-corrected chi connectivity index (χ4v) is 7.21. The number of aromatic nitrogens is 4. The summed E-state index contributed by atoms with van der Waals surface area (Å²) >= 11 is 0. The molecular weight excluding hydrogens is 682 g/mol. The van der Waals surface area contributed by atoms with Crippen molar-refractivity contribution in [3.8, 4) is 17.1 Å². The Morgan fingerprint density at radius 1 is 1.08 bits per heavy atom. The van der Waals surface area contributed by atoms with E-state index < -0.39 is 87.4 Å². The van der Waals surface area contributed by atoms with E-state index >= 15 is 0 Å². The van der Waals surface area contributed by atoms with Crippen molar-refractivity contribution in [2.24, 2.45) is 17.8 Å². The Hall–Kier alpha value is -4.42. The molecule has 0 radical (unpaired) electrons. The summed E-state index contributed by atoms with van der Waals surface area (Å²) in [7, 11) is -2.59. The fraction of sp³-hybridized carbons (Fsp3) is 0.645. The number of benzene rings is 1. The van der Waals surface area contributed by atoms with Crippen molar-refractivity contribution in [1.29, 1.82) is 0 Å². The maximum Gasteiger partial charge on any atom is 0.407 e. The third kappa shape index (κ3) is 7.97. The Morgan fingerprint density at radius 3 is 2.32 bits per heavy atom. The van der Waals surface area contributed by atoms with Crippen LogP contribution in [0.2, 0.25) is 0 Å². The number of hydrogen-bond acceptors (Lipinski definition) is 11. The lowest BCUT2D eigenvalue weighted by Crippen LogP contribution is -2.59. The van der Waals surface area contributed by atoms with Gasteiger partial charge in [0.25, 0.3) is 5.91 Å². The van der Waals surface area contributed by atoms with Crippen LogP contribution < -0.4 is 20.1 Å². The van der Waals surface area contributed by atoms with Crippen molar-refractivity contribution in [2.45, 2.75) is 88.7 Å². The first-order chi connectivity index (χ1) is 23.6. The molecule has 5 rings (SSSR count). The van der Waals surface area contributed by atoms with Crippen LogP contribution in [-0.2, 0) is 29.1 Å². The number of likely N-dealkylation sites (tertiary alicyclic amines) is 1. The number of amides is 4. The lowest BCUT2D eigenvalue weighted by Gasteiger charge is -2.31. The third-order valence-corrected chi connectivity index (χ3v) is 10.8. The first-order valence-electron chi connectivity index (χ1n) is 16.4. The van der Waals surface area contributed by atoms with Gasteiger partial charge >= 0.3 is 6.09 Å². The summed E-state index contributed by atoms with van der Waals surface area (Å²) in [6, 6.07) is 3.63. The van der Waals surface area contributed by atoms with Crippen LogP contribution in [0.4, 0.5) is 13.6 Å². The molecule has 2 aliphatic carbocycles. The first-order valence-corrected chi connectivity index (χ1v) is 17.9. The monoisotopic (exact) mass is 724 g/mol. The lowest BCUT2D eigenvalue weighted by molar-refractivity contribution is -0.142. The number of sulfonamides is 1. The number of carbonyl (C=O) groups excluding carboxylic acids is 4. The smallest absolute Gasteiger partial charge is 0.407 e. The van der Waals surface area contributed by atoms with Crippen LogP contribution in [0.3, 0.4) is 0 Å². The van der Waals surface area contributed by atoms with E-state index in [0.29, 0.717) is 24.2 Å². The highest BCUT2D eigenvalue weighted by Gasteiger charge is 2.66. The highest BCUT2D eigenvalue weighted by atomic mass is 32.2. The predicted octanol–water partition coefficient (Wildman–Crippen LogP) is 1.65. The van der Waals surface area contributed by atoms with Gasteiger partial charge in [0.15, 0.2) is 0 Å². The second kappa shape index (κ2) is 14.4. The Morgan fingerprint density at radius 2 is 1.76 bits per heavy atom. The minimum atomic E-state index is -4.12. The Labute approximate surface area is 288 Å². The SMILES string of the molecule is COc1ccc(-c2nnn([C@@H]3CC(C(=O)N[C@]4(C(=O)NS(=O)(=O)C5CC5)C[C@H]4C(F)F)N(C(=O)[C@@H](NC(=O)OCC(C)C)C(C)C)C3)n2)cc1. The summed E-state index contributed by atoms with van der Waals surface area (Å²) in [5, 5.41) is 16.8. The van der Waals surface area contributed by atoms with Crippen molar-refractivity contribution in [2.75, 3.05) is 20.3 Å². The Kier molecular flexibility index (Phi) is 10.6. The molecule has 3 aliphatic rings. The van der Waals surface area contributed by atoms with Gasteiger partial charge in [-0.15, -0.1) is 10.2 Å². The number of alkyl halides is 2. The van der Waals surface area contributed by atoms with Crippen LogP contribution in [-0.4, -0.2) is 107 Å². The van der Waals surface area contributed by atoms with E-state index in [1.807, 2.05) is 18.6 Å². The normalized spacial score (nSPS) is 23.9. The minimum Gasteiger partial charge on any atom is -0.497 e. The number of nitrogens with zero attached hydrogens (tertiary/aromatic N) is 5. The number of hydrogen-bond donors (Lipinski definition) is 3. The number of tetrazole rings is 1. The molecule has 2 aromatic rings. The molecule has 1 saturated heterocycles. The molecule has 274 valence electrons. The van der Waals surface area contributed by atoms with Gasteiger partial charge in [-0.1, -0.05) is 27.7 Å². The minimum absolute atomic E-state index is 0.0302. The molecule has 19 heteroatoms. The average molecular weight is 725 g/mol. The molecule has 4 amide bonds. The van der Waals surface area contributed by atoms with Crippen molar-refractivity contribution in [1.82, 2.24) is 40.5 Å². The molecule has 2 saturated carbocycles. The number of nitrogens with one attached hydrogen (secondary N) is 3. The maximum atomic E-state index is 14.1. The van der Waals surface area contributed by atoms with Crippen molar-refractivity contribution in [3.05, 3.63) is 24.3 Å². The van der Waals surface area contributed by atoms with Crippen LogP contribution in [0.5, 0.6) is 5.75 Å². The number of rotatable bonds is 14. The topological polar surface area (TPSA) is 204 Å². The second-order valence-electron chi connectivity index (χ2n) is 13.7. The quantitative estimate of drug-likeness (QED) is 0.256. The van der Waals surface area contributed by atoms with Crippen molar-refractivity contribution in [3.63, 3.8) is 0 Å². The number of ether oxygens (including phenoxy) is 2. The van der Waals surface area contributed by atoms with Crippen LogP contribution >= 0.6 is 0 Å². The number of alkyl carbamates (subject to hydrolysis) is 1. The van der Waals surface area contributed by atoms with Gasteiger partial charge in [0, 0.05) is 18.5 Å². The molecule has 1 unspecified atom stereocenters. The Bertz CT molecular complexity index is 1700. The van der Waals surface area contributed by atoms with Gasteiger partial charge in [-0.05, 0) is 60.6 Å². The molecule has 1 aliphatic heterocycles. The fourth-order valence-electron chi connectivity index (χ4n) is 5.85. The highest BCUT2D eigenvalue weighted by molar-refractivity contribution is 7.91.